The molecule has 1 saturated heterocycles. The number of nitrogens with one attached hydrogen (secondary N) is 1. The average molecular weight is 366 g/mol. The molecule has 140 valence electrons. The van der Waals surface area contributed by atoms with Crippen LogP contribution in [0.15, 0.2) is 60.7 Å². The van der Waals surface area contributed by atoms with Crippen molar-refractivity contribution in [3.63, 3.8) is 0 Å². The van der Waals surface area contributed by atoms with E-state index >= 15 is 0 Å². The second-order valence-corrected chi connectivity index (χ2v) is 7.33. The molecule has 6 heteroatoms. The molecule has 4 rings (SSSR count). The van der Waals surface area contributed by atoms with Crippen molar-refractivity contribution in [2.75, 3.05) is 19.6 Å². The van der Waals surface area contributed by atoms with Crippen molar-refractivity contribution < 1.29 is 19.8 Å². The maximum Gasteiger partial charge on any atom is 0.404 e. The van der Waals surface area contributed by atoms with Crippen LogP contribution in [0.5, 0.6) is 0 Å². The van der Waals surface area contributed by atoms with Crippen LogP contribution in [0.1, 0.15) is 11.1 Å². The Kier molecular flexibility index (Phi) is 4.36. The Hall–Kier alpha value is -2.86. The van der Waals surface area contributed by atoms with Crippen molar-refractivity contribution in [2.24, 2.45) is 17.8 Å². The molecule has 6 nitrogen and oxygen atoms in total. The van der Waals surface area contributed by atoms with Crippen molar-refractivity contribution in [1.29, 1.82) is 0 Å². The number of carbonyl (C=O) groups is 2. The lowest BCUT2D eigenvalue weighted by molar-refractivity contribution is -0.147. The largest absolute Gasteiger partial charge is 0.465 e. The molecular formula is C21H22N2O4. The quantitative estimate of drug-likeness (QED) is 0.754. The van der Waals surface area contributed by atoms with Crippen LogP contribution in [0.4, 0.5) is 4.79 Å². The third-order valence-electron chi connectivity index (χ3n) is 5.84. The third-order valence-corrected chi connectivity index (χ3v) is 5.84. The fraction of sp³-hybridized carbons (Fsp3) is 0.333. The first kappa shape index (κ1) is 17.5. The minimum absolute atomic E-state index is 0.284. The molecule has 0 spiro atoms. The summed E-state index contributed by atoms with van der Waals surface area (Å²) in [6, 6.07) is 18.0. The number of benzene rings is 2. The minimum atomic E-state index is -1.73. The lowest BCUT2D eigenvalue weighted by Crippen LogP contribution is -2.48. The Morgan fingerprint density at radius 3 is 1.89 bits per heavy atom. The number of nitrogens with zero attached hydrogens (tertiary/aromatic N) is 1. The number of piperidine rings is 1. The highest BCUT2D eigenvalue weighted by atomic mass is 16.4. The number of likely N-dealkylation sites (tertiary alicyclic amines) is 1. The van der Waals surface area contributed by atoms with Gasteiger partial charge in [-0.25, -0.2) is 4.79 Å². The highest BCUT2D eigenvalue weighted by molar-refractivity contribution is 5.90. The number of aliphatic hydroxyl groups is 1. The molecule has 1 saturated carbocycles. The van der Waals surface area contributed by atoms with Gasteiger partial charge >= 0.3 is 6.09 Å². The molecule has 2 aliphatic rings. The molecule has 1 aliphatic heterocycles. The van der Waals surface area contributed by atoms with E-state index in [2.05, 4.69) is 5.32 Å². The van der Waals surface area contributed by atoms with Crippen LogP contribution in [0.2, 0.25) is 0 Å². The van der Waals surface area contributed by atoms with Crippen molar-refractivity contribution in [3.05, 3.63) is 71.8 Å². The van der Waals surface area contributed by atoms with Crippen LogP contribution < -0.4 is 5.32 Å². The molecule has 1 aliphatic carbocycles. The Balaban J connectivity index is 1.55. The number of hydrogen-bond acceptors (Lipinski definition) is 3. The lowest BCUT2D eigenvalue weighted by Gasteiger charge is -2.33. The first-order chi connectivity index (χ1) is 13.0. The van der Waals surface area contributed by atoms with E-state index in [1.165, 1.54) is 0 Å². The van der Waals surface area contributed by atoms with Gasteiger partial charge in [-0.1, -0.05) is 60.7 Å². The molecule has 0 radical (unpaired) electrons. The van der Waals surface area contributed by atoms with Crippen molar-refractivity contribution >= 4 is 12.0 Å². The SMILES string of the molecule is O=C(O)NCC1C2CN(C(=O)C(O)(c3ccccc3)c3ccccc3)CC12. The third kappa shape index (κ3) is 3.06. The summed E-state index contributed by atoms with van der Waals surface area (Å²) in [5, 5.41) is 22.7. The van der Waals surface area contributed by atoms with Gasteiger partial charge in [-0.3, -0.25) is 4.79 Å². The molecule has 1 heterocycles. The van der Waals surface area contributed by atoms with Crippen molar-refractivity contribution in [1.82, 2.24) is 10.2 Å². The van der Waals surface area contributed by atoms with Crippen molar-refractivity contribution in [2.45, 2.75) is 5.60 Å². The second kappa shape index (κ2) is 6.70. The van der Waals surface area contributed by atoms with Gasteiger partial charge in [0.25, 0.3) is 5.91 Å². The number of rotatable bonds is 5. The summed E-state index contributed by atoms with van der Waals surface area (Å²) in [6.45, 7) is 1.53. The summed E-state index contributed by atoms with van der Waals surface area (Å²) in [6.07, 6.45) is -1.02. The van der Waals surface area contributed by atoms with Crippen LogP contribution in [-0.2, 0) is 10.4 Å². The van der Waals surface area contributed by atoms with Crippen LogP contribution in [-0.4, -0.2) is 46.7 Å². The molecule has 2 aromatic rings. The van der Waals surface area contributed by atoms with Gasteiger partial charge in [-0.05, 0) is 28.9 Å². The number of hydrogen-bond donors (Lipinski definition) is 3. The molecule has 2 unspecified atom stereocenters. The van der Waals surface area contributed by atoms with E-state index in [4.69, 9.17) is 5.11 Å². The monoisotopic (exact) mass is 366 g/mol. The Morgan fingerprint density at radius 1 is 0.963 bits per heavy atom. The van der Waals surface area contributed by atoms with Gasteiger partial charge in [-0.15, -0.1) is 0 Å². The zero-order valence-electron chi connectivity index (χ0n) is 14.8. The minimum Gasteiger partial charge on any atom is -0.465 e. The molecule has 2 amide bonds. The number of amides is 2. The zero-order valence-corrected chi connectivity index (χ0v) is 14.8. The zero-order chi connectivity index (χ0) is 19.0. The van der Waals surface area contributed by atoms with Crippen LogP contribution in [0.3, 0.4) is 0 Å². The predicted octanol–water partition coefficient (Wildman–Crippen LogP) is 1.89. The number of fused-ring (bicyclic) bond motifs is 1. The maximum atomic E-state index is 13.4. The predicted molar refractivity (Wildman–Crippen MR) is 99.0 cm³/mol. The first-order valence-corrected chi connectivity index (χ1v) is 9.11. The summed E-state index contributed by atoms with van der Waals surface area (Å²) < 4.78 is 0. The topological polar surface area (TPSA) is 89.9 Å². The number of carboxylic acid groups (broad SMARTS) is 1. The Labute approximate surface area is 157 Å². The summed E-state index contributed by atoms with van der Waals surface area (Å²) in [5.41, 5.74) is -0.634. The van der Waals surface area contributed by atoms with Gasteiger partial charge in [0.05, 0.1) is 0 Å². The summed E-state index contributed by atoms with van der Waals surface area (Å²) in [5.74, 6) is 0.567. The molecule has 2 aromatic carbocycles. The maximum absolute atomic E-state index is 13.4. The van der Waals surface area contributed by atoms with E-state index in [9.17, 15) is 14.7 Å². The van der Waals surface area contributed by atoms with Crippen LogP contribution in [0, 0.1) is 17.8 Å². The summed E-state index contributed by atoms with van der Waals surface area (Å²) in [7, 11) is 0. The van der Waals surface area contributed by atoms with E-state index in [1.54, 1.807) is 29.2 Å². The summed E-state index contributed by atoms with van der Waals surface area (Å²) in [4.78, 5) is 25.7. The van der Waals surface area contributed by atoms with E-state index in [0.717, 1.165) is 0 Å². The van der Waals surface area contributed by atoms with Crippen molar-refractivity contribution in [3.8, 4) is 0 Å². The van der Waals surface area contributed by atoms with Gasteiger partial charge in [0, 0.05) is 19.6 Å². The fourth-order valence-corrected chi connectivity index (χ4v) is 4.32. The van der Waals surface area contributed by atoms with E-state index in [0.29, 0.717) is 42.6 Å². The van der Waals surface area contributed by atoms with E-state index in [-0.39, 0.29) is 11.8 Å². The lowest BCUT2D eigenvalue weighted by atomic mass is 9.85. The molecule has 2 atom stereocenters. The van der Waals surface area contributed by atoms with Crippen LogP contribution >= 0.6 is 0 Å². The van der Waals surface area contributed by atoms with E-state index < -0.39 is 11.7 Å². The smallest absolute Gasteiger partial charge is 0.404 e. The molecule has 0 bridgehead atoms. The standard InChI is InChI=1S/C21H22N2O4/c24-19(23-12-17-16(18(17)13-23)11-22-20(25)26)21(27,14-7-3-1-4-8-14)15-9-5-2-6-10-15/h1-10,16-18,22,27H,11-13H2,(H,25,26). The molecule has 27 heavy (non-hydrogen) atoms. The highest BCUT2D eigenvalue weighted by Gasteiger charge is 2.58. The Morgan fingerprint density at radius 2 is 1.44 bits per heavy atom. The normalized spacial score (nSPS) is 23.6. The molecule has 3 N–H and O–H groups in total. The number of carbonyl (C=O) groups excluding carboxylic acids is 1. The van der Waals surface area contributed by atoms with Gasteiger partial charge in [0.1, 0.15) is 0 Å². The average Bonchev–Trinajstić information content (AvgIpc) is 3.15. The Bertz CT molecular complexity index is 788. The molecule has 2 fully saturated rings. The van der Waals surface area contributed by atoms with Gasteiger partial charge in [-0.2, -0.15) is 0 Å². The summed E-state index contributed by atoms with van der Waals surface area (Å²) >= 11 is 0. The van der Waals surface area contributed by atoms with Gasteiger partial charge in [0.2, 0.25) is 0 Å². The van der Waals surface area contributed by atoms with Gasteiger partial charge < -0.3 is 20.4 Å². The molecule has 0 aromatic heterocycles. The first-order valence-electron chi connectivity index (χ1n) is 9.11. The van der Waals surface area contributed by atoms with Crippen LogP contribution in [0.25, 0.3) is 0 Å². The van der Waals surface area contributed by atoms with E-state index in [1.807, 2.05) is 36.4 Å². The molecular weight excluding hydrogens is 344 g/mol. The van der Waals surface area contributed by atoms with Gasteiger partial charge in [0.15, 0.2) is 5.60 Å². The second-order valence-electron chi connectivity index (χ2n) is 7.33. The fourth-order valence-electron chi connectivity index (χ4n) is 4.32. The highest BCUT2D eigenvalue weighted by Crippen LogP contribution is 2.52.